The van der Waals surface area contributed by atoms with Crippen LogP contribution in [-0.4, -0.2) is 0 Å². The molecule has 0 radical (unpaired) electrons. The molecule has 6 atom stereocenters. The zero-order chi connectivity index (χ0) is 16.2. The number of nitriles is 1. The predicted molar refractivity (Wildman–Crippen MR) is 94.6 cm³/mol. The van der Waals surface area contributed by atoms with Crippen LogP contribution < -0.4 is 0 Å². The Bertz CT molecular complexity index is 606. The van der Waals surface area contributed by atoms with E-state index < -0.39 is 0 Å². The van der Waals surface area contributed by atoms with Gasteiger partial charge in [-0.15, -0.1) is 0 Å². The highest BCUT2D eigenvalue weighted by molar-refractivity contribution is 5.30. The van der Waals surface area contributed by atoms with Gasteiger partial charge in [0.1, 0.15) is 0 Å². The Kier molecular flexibility index (Phi) is 3.53. The van der Waals surface area contributed by atoms with Crippen LogP contribution >= 0.6 is 0 Å². The third kappa shape index (κ3) is 2.10. The topological polar surface area (TPSA) is 23.8 Å². The van der Waals surface area contributed by atoms with E-state index in [1.165, 1.54) is 56.9 Å². The first-order valence-corrected chi connectivity index (χ1v) is 9.77. The number of hydrogen-bond donors (Lipinski definition) is 0. The molecule has 0 aromatic carbocycles. The minimum absolute atomic E-state index is 0.328. The van der Waals surface area contributed by atoms with Gasteiger partial charge in [-0.05, 0) is 85.9 Å². The summed E-state index contributed by atoms with van der Waals surface area (Å²) in [5.41, 5.74) is 4.07. The minimum Gasteiger partial charge on any atom is -0.193 e. The molecule has 0 saturated heterocycles. The first-order valence-electron chi connectivity index (χ1n) is 9.77. The van der Waals surface area contributed by atoms with Gasteiger partial charge >= 0.3 is 0 Å². The lowest BCUT2D eigenvalue weighted by Gasteiger charge is -2.58. The van der Waals surface area contributed by atoms with E-state index >= 15 is 0 Å². The third-order valence-electron chi connectivity index (χ3n) is 8.36. The van der Waals surface area contributed by atoms with Crippen LogP contribution in [0.25, 0.3) is 0 Å². The maximum Gasteiger partial charge on any atom is 0.0911 e. The van der Waals surface area contributed by atoms with Crippen LogP contribution in [0.1, 0.15) is 72.1 Å². The average molecular weight is 309 g/mol. The molecule has 124 valence electrons. The number of rotatable bonds is 0. The van der Waals surface area contributed by atoms with Gasteiger partial charge in [0.15, 0.2) is 0 Å². The number of hydrogen-bond acceptors (Lipinski definition) is 1. The first-order chi connectivity index (χ1) is 11.0. The van der Waals surface area contributed by atoms with Crippen molar-refractivity contribution in [3.63, 3.8) is 0 Å². The van der Waals surface area contributed by atoms with E-state index in [4.69, 9.17) is 5.26 Å². The molecule has 23 heavy (non-hydrogen) atoms. The molecule has 1 nitrogen and oxygen atoms in total. The second-order valence-electron chi connectivity index (χ2n) is 9.40. The molecule has 0 spiro atoms. The molecule has 0 amide bonds. The maximum absolute atomic E-state index is 9.15. The Hall–Kier alpha value is -1.03. The molecule has 0 bridgehead atoms. The molecule has 3 fully saturated rings. The fourth-order valence-electron chi connectivity index (χ4n) is 7.26. The molecule has 4 rings (SSSR count). The Balaban J connectivity index is 1.68. The van der Waals surface area contributed by atoms with Crippen LogP contribution in [0, 0.1) is 45.8 Å². The van der Waals surface area contributed by atoms with E-state index in [9.17, 15) is 0 Å². The highest BCUT2D eigenvalue weighted by Gasteiger charge is 2.57. The van der Waals surface area contributed by atoms with Crippen LogP contribution in [0.15, 0.2) is 23.3 Å². The summed E-state index contributed by atoms with van der Waals surface area (Å²) in [6.45, 7) is 7.51. The molecule has 0 N–H and O–H groups in total. The molecule has 4 aliphatic carbocycles. The lowest BCUT2D eigenvalue weighted by atomic mass is 9.46. The fraction of sp³-hybridized carbons (Fsp3) is 0.773. The van der Waals surface area contributed by atoms with E-state index in [2.05, 4.69) is 32.9 Å². The van der Waals surface area contributed by atoms with Crippen molar-refractivity contribution < 1.29 is 0 Å². The molecule has 0 aromatic heterocycles. The molecule has 0 aliphatic heterocycles. The Morgan fingerprint density at radius 2 is 1.91 bits per heavy atom. The van der Waals surface area contributed by atoms with Crippen LogP contribution in [-0.2, 0) is 0 Å². The van der Waals surface area contributed by atoms with Gasteiger partial charge in [0.25, 0.3) is 0 Å². The van der Waals surface area contributed by atoms with Crippen LogP contribution in [0.3, 0.4) is 0 Å². The Morgan fingerprint density at radius 1 is 1.13 bits per heavy atom. The lowest BCUT2D eigenvalue weighted by Crippen LogP contribution is -2.49. The molecule has 0 heterocycles. The van der Waals surface area contributed by atoms with E-state index in [0.717, 1.165) is 23.7 Å². The summed E-state index contributed by atoms with van der Waals surface area (Å²) < 4.78 is 0. The summed E-state index contributed by atoms with van der Waals surface area (Å²) in [5.74, 6) is 3.47. The summed E-state index contributed by atoms with van der Waals surface area (Å²) in [7, 11) is 0. The summed E-state index contributed by atoms with van der Waals surface area (Å²) in [6, 6.07) is 2.33. The van der Waals surface area contributed by atoms with E-state index in [-0.39, 0.29) is 0 Å². The Morgan fingerprint density at radius 3 is 2.70 bits per heavy atom. The van der Waals surface area contributed by atoms with Crippen LogP contribution in [0.2, 0.25) is 0 Å². The van der Waals surface area contributed by atoms with Crippen molar-refractivity contribution in [1.82, 2.24) is 0 Å². The number of nitrogens with zero attached hydrogens (tertiary/aromatic N) is 1. The van der Waals surface area contributed by atoms with Gasteiger partial charge < -0.3 is 0 Å². The summed E-state index contributed by atoms with van der Waals surface area (Å²) >= 11 is 0. The van der Waals surface area contributed by atoms with Crippen LogP contribution in [0.5, 0.6) is 0 Å². The van der Waals surface area contributed by atoms with Gasteiger partial charge in [0.05, 0.1) is 6.07 Å². The van der Waals surface area contributed by atoms with Crippen LogP contribution in [0.4, 0.5) is 0 Å². The van der Waals surface area contributed by atoms with Crippen molar-refractivity contribution in [1.29, 1.82) is 5.26 Å². The second-order valence-corrected chi connectivity index (χ2v) is 9.40. The fourth-order valence-corrected chi connectivity index (χ4v) is 7.26. The largest absolute Gasteiger partial charge is 0.193 e. The first kappa shape index (κ1) is 15.5. The number of fused-ring (bicyclic) bond motifs is 5. The van der Waals surface area contributed by atoms with Crippen molar-refractivity contribution >= 4 is 0 Å². The van der Waals surface area contributed by atoms with E-state index in [1.807, 2.05) is 6.08 Å². The zero-order valence-electron chi connectivity index (χ0n) is 15.1. The Labute approximate surface area is 141 Å². The number of allylic oxidation sites excluding steroid dienone is 4. The van der Waals surface area contributed by atoms with Crippen molar-refractivity contribution in [3.05, 3.63) is 23.3 Å². The molecule has 3 unspecified atom stereocenters. The second kappa shape index (κ2) is 5.23. The van der Waals surface area contributed by atoms with Gasteiger partial charge in [-0.1, -0.05) is 38.0 Å². The van der Waals surface area contributed by atoms with Gasteiger partial charge in [-0.3, -0.25) is 0 Å². The predicted octanol–water partition coefficient (Wildman–Crippen LogP) is 6.04. The summed E-state index contributed by atoms with van der Waals surface area (Å²) in [4.78, 5) is 0. The van der Waals surface area contributed by atoms with Gasteiger partial charge in [0, 0.05) is 6.08 Å². The molecular weight excluding hydrogens is 278 g/mol. The third-order valence-corrected chi connectivity index (χ3v) is 8.36. The standard InChI is InChI=1S/C22H31N/c1-15-4-5-16-6-8-18-19-9-7-17(11-13-23)21(19,2)12-10-20(18)22(16,3)14-15/h5,11,15,18-20H,4,6-10,12,14H2,1-3H3/b17-11-/t15-,18+,19?,20?,21-,22?/m1/s1. The lowest BCUT2D eigenvalue weighted by molar-refractivity contribution is -0.0308. The molecule has 0 aromatic rings. The highest BCUT2D eigenvalue weighted by atomic mass is 14.6. The molecule has 1 heteroatoms. The van der Waals surface area contributed by atoms with Crippen molar-refractivity contribution in [2.45, 2.75) is 72.1 Å². The van der Waals surface area contributed by atoms with E-state index in [1.54, 1.807) is 5.57 Å². The normalized spacial score (nSPS) is 50.5. The molecule has 4 aliphatic rings. The van der Waals surface area contributed by atoms with Crippen molar-refractivity contribution in [2.24, 2.45) is 34.5 Å². The summed E-state index contributed by atoms with van der Waals surface area (Å²) in [6.07, 6.45) is 15.1. The molecule has 3 saturated carbocycles. The van der Waals surface area contributed by atoms with Crippen molar-refractivity contribution in [3.8, 4) is 6.07 Å². The molecular formula is C22H31N. The SMILES string of the molecule is C[C@@H]1CC=C2CC[C@@H]3C(CC[C@]4(C)/C(=C\C#N)CCC34)C2(C)C1. The van der Waals surface area contributed by atoms with E-state index in [0.29, 0.717) is 10.8 Å². The monoisotopic (exact) mass is 309 g/mol. The zero-order valence-corrected chi connectivity index (χ0v) is 15.1. The van der Waals surface area contributed by atoms with Gasteiger partial charge in [-0.25, -0.2) is 0 Å². The van der Waals surface area contributed by atoms with Crippen molar-refractivity contribution in [2.75, 3.05) is 0 Å². The maximum atomic E-state index is 9.15. The summed E-state index contributed by atoms with van der Waals surface area (Å²) in [5, 5.41) is 9.15. The quantitative estimate of drug-likeness (QED) is 0.395. The van der Waals surface area contributed by atoms with Gasteiger partial charge in [0.2, 0.25) is 0 Å². The highest BCUT2D eigenvalue weighted by Crippen LogP contribution is 2.66. The average Bonchev–Trinajstić information content (AvgIpc) is 2.84. The minimum atomic E-state index is 0.328. The van der Waals surface area contributed by atoms with Gasteiger partial charge in [-0.2, -0.15) is 5.26 Å². The smallest absolute Gasteiger partial charge is 0.0911 e.